The zero-order valence-corrected chi connectivity index (χ0v) is 9.92. The molecule has 0 spiro atoms. The Morgan fingerprint density at radius 2 is 2.19 bits per heavy atom. The van der Waals surface area contributed by atoms with Crippen molar-refractivity contribution < 1.29 is 4.79 Å². The van der Waals surface area contributed by atoms with Gasteiger partial charge in [-0.1, -0.05) is 11.8 Å². The van der Waals surface area contributed by atoms with Gasteiger partial charge >= 0.3 is 0 Å². The van der Waals surface area contributed by atoms with Crippen LogP contribution in [-0.2, 0) is 4.79 Å². The maximum atomic E-state index is 10.6. The predicted molar refractivity (Wildman–Crippen MR) is 63.9 cm³/mol. The summed E-state index contributed by atoms with van der Waals surface area (Å²) in [6.45, 7) is 6.01. The molecule has 3 heteroatoms. The first-order chi connectivity index (χ1) is 7.59. The summed E-state index contributed by atoms with van der Waals surface area (Å²) in [5.74, 6) is 6.04. The van der Waals surface area contributed by atoms with E-state index in [0.29, 0.717) is 13.0 Å². The molecule has 1 amide bonds. The second-order valence-corrected chi connectivity index (χ2v) is 3.62. The number of carbonyl (C=O) groups is 1. The van der Waals surface area contributed by atoms with Crippen LogP contribution < -0.4 is 5.32 Å². The van der Waals surface area contributed by atoms with E-state index < -0.39 is 0 Å². The van der Waals surface area contributed by atoms with Gasteiger partial charge < -0.3 is 5.32 Å². The molecule has 0 bridgehead atoms. The number of rotatable bonds is 2. The van der Waals surface area contributed by atoms with Crippen molar-refractivity contribution in [1.29, 1.82) is 0 Å². The van der Waals surface area contributed by atoms with Crippen molar-refractivity contribution in [3.63, 3.8) is 0 Å². The summed E-state index contributed by atoms with van der Waals surface area (Å²) in [4.78, 5) is 14.9. The Balaban J connectivity index is 2.53. The van der Waals surface area contributed by atoms with Crippen molar-refractivity contribution in [3.05, 3.63) is 29.1 Å². The van der Waals surface area contributed by atoms with E-state index in [1.54, 1.807) is 0 Å². The number of hydrogen-bond acceptors (Lipinski definition) is 2. The average molecular weight is 216 g/mol. The third kappa shape index (κ3) is 4.14. The third-order valence-corrected chi connectivity index (χ3v) is 2.07. The highest BCUT2D eigenvalue weighted by Crippen LogP contribution is 2.04. The lowest BCUT2D eigenvalue weighted by Crippen LogP contribution is -2.20. The minimum atomic E-state index is -0.0185. The van der Waals surface area contributed by atoms with E-state index in [-0.39, 0.29) is 5.91 Å². The number of nitrogens with zero attached hydrogens (tertiary/aromatic N) is 1. The molecular weight excluding hydrogens is 200 g/mol. The molecule has 0 saturated heterocycles. The lowest BCUT2D eigenvalue weighted by atomic mass is 10.2. The number of amides is 1. The molecule has 16 heavy (non-hydrogen) atoms. The molecular formula is C13H16N2O. The monoisotopic (exact) mass is 216 g/mol. The minimum Gasteiger partial charge on any atom is -0.355 e. The zero-order chi connectivity index (χ0) is 12.0. The fourth-order valence-corrected chi connectivity index (χ4v) is 1.28. The van der Waals surface area contributed by atoms with Gasteiger partial charge in [0.25, 0.3) is 0 Å². The molecule has 1 rings (SSSR count). The van der Waals surface area contributed by atoms with Crippen molar-refractivity contribution >= 4 is 5.91 Å². The molecule has 0 aliphatic heterocycles. The number of hydrogen-bond donors (Lipinski definition) is 1. The van der Waals surface area contributed by atoms with Crippen molar-refractivity contribution in [3.8, 4) is 11.8 Å². The second-order valence-electron chi connectivity index (χ2n) is 3.62. The Bertz CT molecular complexity index is 441. The van der Waals surface area contributed by atoms with Crippen LogP contribution in [0.2, 0.25) is 0 Å². The van der Waals surface area contributed by atoms with Crippen LogP contribution >= 0.6 is 0 Å². The van der Waals surface area contributed by atoms with E-state index in [0.717, 1.165) is 17.0 Å². The molecule has 0 radical (unpaired) electrons. The molecule has 0 fully saturated rings. The SMILES string of the molecule is CC(=O)NCCC#Cc1ccc(C)nc1C. The molecule has 1 aromatic rings. The van der Waals surface area contributed by atoms with Crippen LogP contribution in [0.5, 0.6) is 0 Å². The molecule has 0 aliphatic rings. The number of aromatic nitrogens is 1. The summed E-state index contributed by atoms with van der Waals surface area (Å²) in [7, 11) is 0. The summed E-state index contributed by atoms with van der Waals surface area (Å²) in [5.41, 5.74) is 2.90. The normalized spacial score (nSPS) is 9.19. The Morgan fingerprint density at radius 1 is 1.44 bits per heavy atom. The van der Waals surface area contributed by atoms with E-state index in [9.17, 15) is 4.79 Å². The van der Waals surface area contributed by atoms with E-state index >= 15 is 0 Å². The van der Waals surface area contributed by atoms with Crippen LogP contribution in [-0.4, -0.2) is 17.4 Å². The highest BCUT2D eigenvalue weighted by atomic mass is 16.1. The first-order valence-corrected chi connectivity index (χ1v) is 5.27. The summed E-state index contributed by atoms with van der Waals surface area (Å²) in [5, 5.41) is 2.70. The van der Waals surface area contributed by atoms with Gasteiger partial charge in [-0.15, -0.1) is 0 Å². The van der Waals surface area contributed by atoms with Gasteiger partial charge in [0.1, 0.15) is 0 Å². The third-order valence-electron chi connectivity index (χ3n) is 2.07. The lowest BCUT2D eigenvalue weighted by molar-refractivity contribution is -0.118. The first kappa shape index (κ1) is 12.3. The van der Waals surface area contributed by atoms with Gasteiger partial charge in [-0.25, -0.2) is 0 Å². The van der Waals surface area contributed by atoms with Crippen molar-refractivity contribution in [2.45, 2.75) is 27.2 Å². The number of nitrogens with one attached hydrogen (secondary N) is 1. The Hall–Kier alpha value is -1.82. The molecule has 1 aromatic heterocycles. The van der Waals surface area contributed by atoms with E-state index in [2.05, 4.69) is 22.1 Å². The zero-order valence-electron chi connectivity index (χ0n) is 9.92. The van der Waals surface area contributed by atoms with E-state index in [1.165, 1.54) is 6.92 Å². The van der Waals surface area contributed by atoms with Gasteiger partial charge in [-0.3, -0.25) is 9.78 Å². The molecule has 0 aromatic carbocycles. The maximum absolute atomic E-state index is 10.6. The first-order valence-electron chi connectivity index (χ1n) is 5.27. The molecule has 3 nitrogen and oxygen atoms in total. The van der Waals surface area contributed by atoms with E-state index in [1.807, 2.05) is 26.0 Å². The summed E-state index contributed by atoms with van der Waals surface area (Å²) in [6, 6.07) is 3.92. The van der Waals surface area contributed by atoms with Crippen LogP contribution in [0.3, 0.4) is 0 Å². The van der Waals surface area contributed by atoms with Crippen LogP contribution in [0.25, 0.3) is 0 Å². The Morgan fingerprint density at radius 3 is 2.81 bits per heavy atom. The lowest BCUT2D eigenvalue weighted by Gasteiger charge is -1.98. The van der Waals surface area contributed by atoms with Crippen LogP contribution in [0.1, 0.15) is 30.3 Å². The average Bonchev–Trinajstić information content (AvgIpc) is 2.20. The summed E-state index contributed by atoms with van der Waals surface area (Å²) in [6.07, 6.45) is 0.660. The molecule has 0 unspecified atom stereocenters. The predicted octanol–water partition coefficient (Wildman–Crippen LogP) is 1.58. The van der Waals surface area contributed by atoms with E-state index in [4.69, 9.17) is 0 Å². The van der Waals surface area contributed by atoms with Crippen LogP contribution in [0.4, 0.5) is 0 Å². The van der Waals surface area contributed by atoms with Gasteiger partial charge in [-0.2, -0.15) is 0 Å². The smallest absolute Gasteiger partial charge is 0.216 e. The summed E-state index contributed by atoms with van der Waals surface area (Å²) >= 11 is 0. The van der Waals surface area contributed by atoms with Gasteiger partial charge in [0, 0.05) is 31.1 Å². The van der Waals surface area contributed by atoms with Gasteiger partial charge in [0.15, 0.2) is 0 Å². The quantitative estimate of drug-likeness (QED) is 0.602. The van der Waals surface area contributed by atoms with Crippen molar-refractivity contribution in [2.75, 3.05) is 6.54 Å². The summed E-state index contributed by atoms with van der Waals surface area (Å²) < 4.78 is 0. The Labute approximate surface area is 96.3 Å². The molecule has 0 saturated carbocycles. The maximum Gasteiger partial charge on any atom is 0.216 e. The number of carbonyl (C=O) groups excluding carboxylic acids is 1. The Kier molecular flexibility index (Phi) is 4.53. The molecule has 0 aliphatic carbocycles. The van der Waals surface area contributed by atoms with Crippen LogP contribution in [0.15, 0.2) is 12.1 Å². The standard InChI is InChI=1S/C13H16N2O/c1-10-7-8-13(11(2)15-10)6-4-5-9-14-12(3)16/h7-8H,5,9H2,1-3H3,(H,14,16). The number of pyridine rings is 1. The highest BCUT2D eigenvalue weighted by molar-refractivity contribution is 5.72. The van der Waals surface area contributed by atoms with Gasteiger partial charge in [0.05, 0.1) is 5.69 Å². The molecule has 84 valence electrons. The van der Waals surface area contributed by atoms with Gasteiger partial charge in [0.2, 0.25) is 5.91 Å². The second kappa shape index (κ2) is 5.92. The van der Waals surface area contributed by atoms with Crippen molar-refractivity contribution in [2.24, 2.45) is 0 Å². The highest BCUT2D eigenvalue weighted by Gasteiger charge is 1.95. The van der Waals surface area contributed by atoms with Gasteiger partial charge in [-0.05, 0) is 26.0 Å². The number of aryl methyl sites for hydroxylation is 2. The minimum absolute atomic E-state index is 0.0185. The fraction of sp³-hybridized carbons (Fsp3) is 0.385. The van der Waals surface area contributed by atoms with Crippen LogP contribution in [0, 0.1) is 25.7 Å². The fourth-order valence-electron chi connectivity index (χ4n) is 1.28. The molecule has 1 N–H and O–H groups in total. The van der Waals surface area contributed by atoms with Crippen molar-refractivity contribution in [1.82, 2.24) is 10.3 Å². The topological polar surface area (TPSA) is 42.0 Å². The largest absolute Gasteiger partial charge is 0.355 e. The molecule has 1 heterocycles. The molecule has 0 atom stereocenters.